The molecule has 0 atom stereocenters. The van der Waals surface area contributed by atoms with Crippen LogP contribution in [0.3, 0.4) is 0 Å². The molecule has 0 amide bonds. The SMILES string of the molecule is Fc1ccc2nccc(NCCc3ccc(Cl)cc3)c2c1. The van der Waals surface area contributed by atoms with E-state index in [0.29, 0.717) is 0 Å². The van der Waals surface area contributed by atoms with Crippen molar-refractivity contribution in [3.63, 3.8) is 0 Å². The Morgan fingerprint density at radius 1 is 1.05 bits per heavy atom. The maximum absolute atomic E-state index is 13.4. The normalized spacial score (nSPS) is 10.8. The van der Waals surface area contributed by atoms with Crippen LogP contribution in [0.1, 0.15) is 5.56 Å². The van der Waals surface area contributed by atoms with E-state index in [9.17, 15) is 4.39 Å². The van der Waals surface area contributed by atoms with Crippen LogP contribution >= 0.6 is 11.6 Å². The number of aromatic nitrogens is 1. The van der Waals surface area contributed by atoms with Gasteiger partial charge in [0.2, 0.25) is 0 Å². The molecule has 0 radical (unpaired) electrons. The summed E-state index contributed by atoms with van der Waals surface area (Å²) in [7, 11) is 0. The van der Waals surface area contributed by atoms with Crippen molar-refractivity contribution >= 4 is 28.2 Å². The van der Waals surface area contributed by atoms with E-state index in [0.717, 1.165) is 34.6 Å². The molecule has 1 N–H and O–H groups in total. The van der Waals surface area contributed by atoms with Gasteiger partial charge < -0.3 is 5.32 Å². The number of pyridine rings is 1. The molecule has 3 rings (SSSR count). The highest BCUT2D eigenvalue weighted by molar-refractivity contribution is 6.30. The number of nitrogens with one attached hydrogen (secondary N) is 1. The fourth-order valence-corrected chi connectivity index (χ4v) is 2.39. The lowest BCUT2D eigenvalue weighted by molar-refractivity contribution is 0.629. The van der Waals surface area contributed by atoms with Crippen LogP contribution in [0.4, 0.5) is 10.1 Å². The van der Waals surface area contributed by atoms with Crippen LogP contribution in [0, 0.1) is 5.82 Å². The number of hydrogen-bond acceptors (Lipinski definition) is 2. The standard InChI is InChI=1S/C17H14ClFN2/c18-13-3-1-12(2-4-13)7-9-20-17-8-10-21-16-6-5-14(19)11-15(16)17/h1-6,8,10-11H,7,9H2,(H,20,21). The Morgan fingerprint density at radius 2 is 1.86 bits per heavy atom. The maximum atomic E-state index is 13.4. The zero-order chi connectivity index (χ0) is 14.7. The molecule has 3 aromatic rings. The minimum atomic E-state index is -0.253. The van der Waals surface area contributed by atoms with Crippen LogP contribution in [0.25, 0.3) is 10.9 Å². The number of benzene rings is 2. The van der Waals surface area contributed by atoms with E-state index in [1.165, 1.54) is 17.7 Å². The summed E-state index contributed by atoms with van der Waals surface area (Å²) in [5.74, 6) is -0.253. The topological polar surface area (TPSA) is 24.9 Å². The smallest absolute Gasteiger partial charge is 0.124 e. The third-order valence-electron chi connectivity index (χ3n) is 3.35. The average Bonchev–Trinajstić information content (AvgIpc) is 2.50. The summed E-state index contributed by atoms with van der Waals surface area (Å²) in [6.07, 6.45) is 2.60. The molecule has 0 fully saturated rings. The third-order valence-corrected chi connectivity index (χ3v) is 3.60. The molecule has 4 heteroatoms. The molecule has 0 saturated heterocycles. The summed E-state index contributed by atoms with van der Waals surface area (Å²) in [5, 5.41) is 4.88. The molecule has 0 aliphatic rings. The van der Waals surface area contributed by atoms with Crippen molar-refractivity contribution in [3.05, 3.63) is 71.1 Å². The summed E-state index contributed by atoms with van der Waals surface area (Å²) >= 11 is 5.86. The van der Waals surface area contributed by atoms with E-state index < -0.39 is 0 Å². The van der Waals surface area contributed by atoms with Crippen molar-refractivity contribution in [2.24, 2.45) is 0 Å². The van der Waals surface area contributed by atoms with Crippen molar-refractivity contribution in [2.45, 2.75) is 6.42 Å². The van der Waals surface area contributed by atoms with Gasteiger partial charge >= 0.3 is 0 Å². The second-order valence-corrected chi connectivity index (χ2v) is 5.26. The summed E-state index contributed by atoms with van der Waals surface area (Å²) < 4.78 is 13.4. The number of halogens is 2. The molecule has 0 saturated carbocycles. The lowest BCUT2D eigenvalue weighted by Gasteiger charge is -2.09. The molecule has 106 valence electrons. The minimum absolute atomic E-state index is 0.253. The van der Waals surface area contributed by atoms with E-state index in [1.807, 2.05) is 30.3 Å². The quantitative estimate of drug-likeness (QED) is 0.756. The van der Waals surface area contributed by atoms with Gasteiger partial charge in [0.25, 0.3) is 0 Å². The van der Waals surface area contributed by atoms with Crippen molar-refractivity contribution in [3.8, 4) is 0 Å². The Hall–Kier alpha value is -2.13. The van der Waals surface area contributed by atoms with Gasteiger partial charge in [0, 0.05) is 28.8 Å². The van der Waals surface area contributed by atoms with Gasteiger partial charge in [-0.3, -0.25) is 4.98 Å². The van der Waals surface area contributed by atoms with Gasteiger partial charge in [-0.25, -0.2) is 4.39 Å². The number of anilines is 1. The van der Waals surface area contributed by atoms with Gasteiger partial charge in [-0.2, -0.15) is 0 Å². The average molecular weight is 301 g/mol. The second kappa shape index (κ2) is 6.10. The molecular formula is C17H14ClFN2. The summed E-state index contributed by atoms with van der Waals surface area (Å²) in [6.45, 7) is 0.761. The second-order valence-electron chi connectivity index (χ2n) is 4.82. The Morgan fingerprint density at radius 3 is 2.67 bits per heavy atom. The Labute approximate surface area is 127 Å². The van der Waals surface area contributed by atoms with Gasteiger partial charge in [-0.05, 0) is 48.4 Å². The zero-order valence-corrected chi connectivity index (χ0v) is 12.1. The molecular weight excluding hydrogens is 287 g/mol. The number of rotatable bonds is 4. The van der Waals surface area contributed by atoms with Crippen molar-refractivity contribution in [2.75, 3.05) is 11.9 Å². The first-order valence-corrected chi connectivity index (χ1v) is 7.13. The van der Waals surface area contributed by atoms with Crippen molar-refractivity contribution in [1.82, 2.24) is 4.98 Å². The highest BCUT2D eigenvalue weighted by Crippen LogP contribution is 2.22. The summed E-state index contributed by atoms with van der Waals surface area (Å²) in [4.78, 5) is 4.24. The van der Waals surface area contributed by atoms with Gasteiger partial charge in [-0.15, -0.1) is 0 Å². The maximum Gasteiger partial charge on any atom is 0.124 e. The van der Waals surface area contributed by atoms with Crippen LogP contribution in [0.2, 0.25) is 5.02 Å². The number of nitrogens with zero attached hydrogens (tertiary/aromatic N) is 1. The van der Waals surface area contributed by atoms with Crippen LogP contribution in [-0.2, 0) is 6.42 Å². The molecule has 21 heavy (non-hydrogen) atoms. The molecule has 2 nitrogen and oxygen atoms in total. The third kappa shape index (κ3) is 3.31. The Balaban J connectivity index is 1.73. The molecule has 0 aliphatic heterocycles. The first kappa shape index (κ1) is 13.8. The molecule has 1 heterocycles. The van der Waals surface area contributed by atoms with Gasteiger partial charge in [0.15, 0.2) is 0 Å². The highest BCUT2D eigenvalue weighted by atomic mass is 35.5. The fourth-order valence-electron chi connectivity index (χ4n) is 2.27. The Bertz CT molecular complexity index is 756. The lowest BCUT2D eigenvalue weighted by atomic mass is 10.1. The molecule has 0 unspecified atom stereocenters. The van der Waals surface area contributed by atoms with Crippen molar-refractivity contribution < 1.29 is 4.39 Å². The summed E-state index contributed by atoms with van der Waals surface area (Å²) in [5.41, 5.74) is 2.89. The monoisotopic (exact) mass is 300 g/mol. The fraction of sp³-hybridized carbons (Fsp3) is 0.118. The van der Waals surface area contributed by atoms with Crippen molar-refractivity contribution in [1.29, 1.82) is 0 Å². The largest absolute Gasteiger partial charge is 0.384 e. The molecule has 0 bridgehead atoms. The van der Waals surface area contributed by atoms with Gasteiger partial charge in [0.1, 0.15) is 5.82 Å². The zero-order valence-electron chi connectivity index (χ0n) is 11.3. The van der Waals surface area contributed by atoms with E-state index in [2.05, 4.69) is 10.3 Å². The van der Waals surface area contributed by atoms with E-state index >= 15 is 0 Å². The number of hydrogen-bond donors (Lipinski definition) is 1. The lowest BCUT2D eigenvalue weighted by Crippen LogP contribution is -2.05. The first-order valence-electron chi connectivity index (χ1n) is 6.75. The Kier molecular flexibility index (Phi) is 4.02. The highest BCUT2D eigenvalue weighted by Gasteiger charge is 2.03. The van der Waals surface area contributed by atoms with Crippen LogP contribution in [0.5, 0.6) is 0 Å². The number of fused-ring (bicyclic) bond motifs is 1. The van der Waals surface area contributed by atoms with Crippen LogP contribution in [0.15, 0.2) is 54.7 Å². The molecule has 0 spiro atoms. The predicted molar refractivity (Wildman–Crippen MR) is 85.3 cm³/mol. The van der Waals surface area contributed by atoms with E-state index in [1.54, 1.807) is 12.3 Å². The molecule has 1 aromatic heterocycles. The molecule has 2 aromatic carbocycles. The van der Waals surface area contributed by atoms with E-state index in [4.69, 9.17) is 11.6 Å². The van der Waals surface area contributed by atoms with E-state index in [-0.39, 0.29) is 5.82 Å². The minimum Gasteiger partial charge on any atom is -0.384 e. The first-order chi connectivity index (χ1) is 10.2. The summed E-state index contributed by atoms with van der Waals surface area (Å²) in [6, 6.07) is 14.3. The van der Waals surface area contributed by atoms with Crippen LogP contribution in [-0.4, -0.2) is 11.5 Å². The van der Waals surface area contributed by atoms with Gasteiger partial charge in [0.05, 0.1) is 5.52 Å². The predicted octanol–water partition coefficient (Wildman–Crippen LogP) is 4.68. The molecule has 0 aliphatic carbocycles. The van der Waals surface area contributed by atoms with Crippen LogP contribution < -0.4 is 5.32 Å². The van der Waals surface area contributed by atoms with Gasteiger partial charge in [-0.1, -0.05) is 23.7 Å².